The molecule has 0 spiro atoms. The zero-order chi connectivity index (χ0) is 15.6. The zero-order valence-corrected chi connectivity index (χ0v) is 10.3. The van der Waals surface area contributed by atoms with E-state index in [4.69, 9.17) is 15.3 Å². The Morgan fingerprint density at radius 1 is 1.10 bits per heavy atom. The van der Waals surface area contributed by atoms with Gasteiger partial charge in [0.05, 0.1) is 6.07 Å². The summed E-state index contributed by atoms with van der Waals surface area (Å²) in [7, 11) is 0. The minimum absolute atomic E-state index is 0.234. The van der Waals surface area contributed by atoms with E-state index in [1.807, 2.05) is 0 Å². The fraction of sp³-hybridized carbons (Fsp3) is 0.143. The number of allylic oxidation sites excluding steroid dienone is 4. The van der Waals surface area contributed by atoms with Crippen molar-refractivity contribution in [3.63, 3.8) is 0 Å². The second-order valence-electron chi connectivity index (χ2n) is 4.14. The molecule has 0 saturated carbocycles. The average Bonchev–Trinajstić information content (AvgIpc) is 2.46. The molecule has 0 aliphatic heterocycles. The molecule has 0 bridgehead atoms. The summed E-state index contributed by atoms with van der Waals surface area (Å²) >= 11 is 0. The van der Waals surface area contributed by atoms with Crippen molar-refractivity contribution < 1.29 is 22.3 Å². The number of nitriles is 2. The fourth-order valence-corrected chi connectivity index (χ4v) is 1.73. The summed E-state index contributed by atoms with van der Waals surface area (Å²) in [6.45, 7) is 0. The largest absolute Gasteiger partial charge is 0.454 e. The molecular formula is C14H6F4N2O. The van der Waals surface area contributed by atoms with Gasteiger partial charge in [0.15, 0.2) is 29.0 Å². The lowest BCUT2D eigenvalue weighted by Crippen LogP contribution is -2.36. The van der Waals surface area contributed by atoms with Crippen molar-refractivity contribution in [3.8, 4) is 17.9 Å². The predicted octanol–water partition coefficient (Wildman–Crippen LogP) is 3.31. The maximum atomic E-state index is 14.5. The van der Waals surface area contributed by atoms with Crippen molar-refractivity contribution in [2.75, 3.05) is 0 Å². The van der Waals surface area contributed by atoms with Gasteiger partial charge in [-0.15, -0.1) is 0 Å². The molecule has 2 atom stereocenters. The third-order valence-electron chi connectivity index (χ3n) is 2.83. The summed E-state index contributed by atoms with van der Waals surface area (Å²) < 4.78 is 58.7. The van der Waals surface area contributed by atoms with Crippen molar-refractivity contribution in [2.24, 2.45) is 5.92 Å². The van der Waals surface area contributed by atoms with Crippen molar-refractivity contribution in [2.45, 2.75) is 5.67 Å². The third-order valence-corrected chi connectivity index (χ3v) is 2.83. The second-order valence-corrected chi connectivity index (χ2v) is 4.14. The van der Waals surface area contributed by atoms with Gasteiger partial charge in [-0.05, 0) is 6.08 Å². The van der Waals surface area contributed by atoms with Crippen molar-refractivity contribution >= 4 is 0 Å². The monoisotopic (exact) mass is 294 g/mol. The van der Waals surface area contributed by atoms with Gasteiger partial charge in [0.25, 0.3) is 5.67 Å². The highest BCUT2D eigenvalue weighted by atomic mass is 19.2. The number of halogens is 4. The molecule has 1 aromatic rings. The van der Waals surface area contributed by atoms with E-state index in [0.29, 0.717) is 6.07 Å². The van der Waals surface area contributed by atoms with Crippen LogP contribution in [0.25, 0.3) is 0 Å². The highest BCUT2D eigenvalue weighted by Crippen LogP contribution is 2.36. The maximum absolute atomic E-state index is 14.5. The summed E-state index contributed by atoms with van der Waals surface area (Å²) in [4.78, 5) is 0. The number of ether oxygens (including phenoxy) is 1. The second kappa shape index (κ2) is 5.29. The summed E-state index contributed by atoms with van der Waals surface area (Å²) in [6, 6.07) is 3.46. The summed E-state index contributed by atoms with van der Waals surface area (Å²) in [6.07, 6.45) is 3.39. The Morgan fingerprint density at radius 2 is 1.76 bits per heavy atom. The van der Waals surface area contributed by atoms with E-state index in [0.717, 1.165) is 12.2 Å². The first kappa shape index (κ1) is 14.6. The highest BCUT2D eigenvalue weighted by Gasteiger charge is 2.46. The Kier molecular flexibility index (Phi) is 3.68. The van der Waals surface area contributed by atoms with Crippen molar-refractivity contribution in [1.82, 2.24) is 0 Å². The van der Waals surface area contributed by atoms with Crippen LogP contribution in [0.2, 0.25) is 0 Å². The number of benzene rings is 1. The Morgan fingerprint density at radius 3 is 2.38 bits per heavy atom. The van der Waals surface area contributed by atoms with Gasteiger partial charge < -0.3 is 4.74 Å². The maximum Gasteiger partial charge on any atom is 0.271 e. The molecule has 0 saturated heterocycles. The quantitative estimate of drug-likeness (QED) is 0.621. The van der Waals surface area contributed by atoms with Crippen LogP contribution in [0.5, 0.6) is 5.75 Å². The molecule has 1 aliphatic rings. The van der Waals surface area contributed by atoms with Crippen LogP contribution in [0.3, 0.4) is 0 Å². The van der Waals surface area contributed by atoms with Gasteiger partial charge in [-0.2, -0.15) is 10.5 Å². The van der Waals surface area contributed by atoms with Crippen LogP contribution in [-0.4, -0.2) is 5.67 Å². The standard InChI is InChI=1S/C14H6F4N2O/c15-9-4-11(17)12(5-10(9)16)21-13-3-1-2-8(6-19)14(13,18)7-20/h1-5,8H. The molecule has 3 nitrogen and oxygen atoms in total. The Hall–Kier alpha value is -2.80. The fourth-order valence-electron chi connectivity index (χ4n) is 1.73. The molecule has 0 heterocycles. The lowest BCUT2D eigenvalue weighted by molar-refractivity contribution is 0.175. The van der Waals surface area contributed by atoms with E-state index in [-0.39, 0.29) is 6.07 Å². The van der Waals surface area contributed by atoms with Gasteiger partial charge in [0.2, 0.25) is 0 Å². The molecule has 0 N–H and O–H groups in total. The van der Waals surface area contributed by atoms with E-state index in [9.17, 15) is 17.6 Å². The molecule has 1 aromatic carbocycles. The van der Waals surface area contributed by atoms with Crippen LogP contribution >= 0.6 is 0 Å². The van der Waals surface area contributed by atoms with Gasteiger partial charge in [-0.1, -0.05) is 12.2 Å². The number of rotatable bonds is 2. The topological polar surface area (TPSA) is 56.8 Å². The molecule has 7 heteroatoms. The van der Waals surface area contributed by atoms with Crippen molar-refractivity contribution in [3.05, 3.63) is 53.6 Å². The minimum atomic E-state index is -2.85. The molecule has 0 aromatic heterocycles. The smallest absolute Gasteiger partial charge is 0.271 e. The number of alkyl halides is 1. The van der Waals surface area contributed by atoms with Gasteiger partial charge in [-0.3, -0.25) is 0 Å². The van der Waals surface area contributed by atoms with Crippen LogP contribution in [0, 0.1) is 46.0 Å². The first-order chi connectivity index (χ1) is 9.92. The van der Waals surface area contributed by atoms with Crippen LogP contribution in [0.15, 0.2) is 36.1 Å². The average molecular weight is 294 g/mol. The van der Waals surface area contributed by atoms with Crippen LogP contribution in [-0.2, 0) is 0 Å². The molecule has 2 rings (SSSR count). The van der Waals surface area contributed by atoms with E-state index >= 15 is 0 Å². The number of hydrogen-bond donors (Lipinski definition) is 0. The van der Waals surface area contributed by atoms with Gasteiger partial charge in [0, 0.05) is 12.1 Å². The van der Waals surface area contributed by atoms with Crippen LogP contribution < -0.4 is 4.74 Å². The molecule has 0 fully saturated rings. The number of hydrogen-bond acceptors (Lipinski definition) is 3. The SMILES string of the molecule is N#CC1C=CC=C(Oc2cc(F)c(F)cc2F)C1(F)C#N. The summed E-state index contributed by atoms with van der Waals surface area (Å²) in [5, 5.41) is 17.7. The van der Waals surface area contributed by atoms with Crippen LogP contribution in [0.4, 0.5) is 17.6 Å². The Bertz CT molecular complexity index is 730. The highest BCUT2D eigenvalue weighted by molar-refractivity contribution is 5.40. The minimum Gasteiger partial charge on any atom is -0.454 e. The zero-order valence-electron chi connectivity index (χ0n) is 10.3. The lowest BCUT2D eigenvalue weighted by atomic mass is 9.86. The molecular weight excluding hydrogens is 288 g/mol. The van der Waals surface area contributed by atoms with Gasteiger partial charge in [-0.25, -0.2) is 17.6 Å². The van der Waals surface area contributed by atoms with E-state index < -0.39 is 40.5 Å². The first-order valence-electron chi connectivity index (χ1n) is 5.63. The van der Waals surface area contributed by atoms with Crippen LogP contribution in [0.1, 0.15) is 0 Å². The molecule has 21 heavy (non-hydrogen) atoms. The van der Waals surface area contributed by atoms with Gasteiger partial charge >= 0.3 is 0 Å². The molecule has 2 unspecified atom stereocenters. The van der Waals surface area contributed by atoms with E-state index in [1.54, 1.807) is 6.07 Å². The van der Waals surface area contributed by atoms with Gasteiger partial charge in [0.1, 0.15) is 12.0 Å². The Labute approximate surface area is 117 Å². The third kappa shape index (κ3) is 2.46. The lowest BCUT2D eigenvalue weighted by Gasteiger charge is -2.25. The molecule has 106 valence electrons. The normalized spacial score (nSPS) is 23.9. The summed E-state index contributed by atoms with van der Waals surface area (Å²) in [5.41, 5.74) is -2.85. The summed E-state index contributed by atoms with van der Waals surface area (Å²) in [5.74, 6) is -7.02. The first-order valence-corrected chi connectivity index (χ1v) is 5.63. The van der Waals surface area contributed by atoms with E-state index in [2.05, 4.69) is 0 Å². The van der Waals surface area contributed by atoms with E-state index in [1.165, 1.54) is 12.1 Å². The Balaban J connectivity index is 2.42. The molecule has 1 aliphatic carbocycles. The number of nitrogens with zero attached hydrogens (tertiary/aromatic N) is 2. The van der Waals surface area contributed by atoms with Crippen molar-refractivity contribution in [1.29, 1.82) is 10.5 Å². The molecule has 0 radical (unpaired) electrons. The molecule has 0 amide bonds. The predicted molar refractivity (Wildman–Crippen MR) is 62.7 cm³/mol.